The highest BCUT2D eigenvalue weighted by molar-refractivity contribution is 5.72. The largest absolute Gasteiger partial charge is 0.275 e. The Kier molecular flexibility index (Phi) is 1.27. The molecule has 0 radical (unpaired) electrons. The van der Waals surface area contributed by atoms with Crippen molar-refractivity contribution in [2.45, 2.75) is 6.92 Å². The molecule has 5 heteroatoms. The number of H-pyrrole nitrogens is 1. The molecule has 0 aromatic carbocycles. The number of aromatic amines is 1. The van der Waals surface area contributed by atoms with E-state index < -0.39 is 0 Å². The van der Waals surface area contributed by atoms with Crippen LogP contribution in [0.4, 0.5) is 0 Å². The SMILES string of the molecule is Cc1ncc2c(=O)[nH]n(C)c2n1. The van der Waals surface area contributed by atoms with Crippen molar-refractivity contribution in [1.82, 2.24) is 19.7 Å². The lowest BCUT2D eigenvalue weighted by Gasteiger charge is -1.93. The van der Waals surface area contributed by atoms with Crippen LogP contribution >= 0.6 is 0 Å². The molecule has 0 spiro atoms. The van der Waals surface area contributed by atoms with E-state index in [2.05, 4.69) is 15.1 Å². The highest BCUT2D eigenvalue weighted by Crippen LogP contribution is 2.02. The van der Waals surface area contributed by atoms with Crippen molar-refractivity contribution in [3.8, 4) is 0 Å². The molecule has 0 saturated carbocycles. The van der Waals surface area contributed by atoms with Crippen LogP contribution in [0.15, 0.2) is 11.0 Å². The summed E-state index contributed by atoms with van der Waals surface area (Å²) >= 11 is 0. The van der Waals surface area contributed by atoms with E-state index >= 15 is 0 Å². The maximum Gasteiger partial charge on any atom is 0.275 e. The molecule has 0 saturated heterocycles. The number of aryl methyl sites for hydroxylation is 2. The second-order valence-electron chi connectivity index (χ2n) is 2.65. The summed E-state index contributed by atoms with van der Waals surface area (Å²) in [5, 5.41) is 3.13. The van der Waals surface area contributed by atoms with E-state index in [0.29, 0.717) is 16.9 Å². The van der Waals surface area contributed by atoms with Crippen molar-refractivity contribution >= 4 is 11.0 Å². The number of nitrogens with zero attached hydrogens (tertiary/aromatic N) is 3. The molecular formula is C7H8N4O. The molecule has 62 valence electrons. The monoisotopic (exact) mass is 164 g/mol. The third kappa shape index (κ3) is 0.827. The summed E-state index contributed by atoms with van der Waals surface area (Å²) in [7, 11) is 1.75. The number of aromatic nitrogens is 4. The predicted octanol–water partition coefficient (Wildman–Crippen LogP) is -0.0350. The third-order valence-corrected chi connectivity index (χ3v) is 1.72. The second kappa shape index (κ2) is 2.17. The maximum atomic E-state index is 11.2. The van der Waals surface area contributed by atoms with Crippen molar-refractivity contribution in [3.05, 3.63) is 22.4 Å². The van der Waals surface area contributed by atoms with E-state index in [9.17, 15) is 4.79 Å². The lowest BCUT2D eigenvalue weighted by atomic mass is 10.4. The quantitative estimate of drug-likeness (QED) is 0.594. The molecule has 0 amide bonds. The normalized spacial score (nSPS) is 10.8. The van der Waals surface area contributed by atoms with Crippen molar-refractivity contribution in [3.63, 3.8) is 0 Å². The van der Waals surface area contributed by atoms with E-state index in [1.54, 1.807) is 18.7 Å². The minimum absolute atomic E-state index is 0.146. The average molecular weight is 164 g/mol. The third-order valence-electron chi connectivity index (χ3n) is 1.72. The predicted molar refractivity (Wildman–Crippen MR) is 43.9 cm³/mol. The molecule has 0 fully saturated rings. The van der Waals surface area contributed by atoms with Crippen LogP contribution in [0, 0.1) is 6.92 Å². The van der Waals surface area contributed by atoms with Gasteiger partial charge in [-0.1, -0.05) is 0 Å². The molecule has 2 aromatic heterocycles. The smallest absolute Gasteiger partial charge is 0.270 e. The van der Waals surface area contributed by atoms with Gasteiger partial charge in [-0.3, -0.25) is 14.6 Å². The zero-order chi connectivity index (χ0) is 8.72. The number of nitrogens with one attached hydrogen (secondary N) is 1. The van der Waals surface area contributed by atoms with Crippen LogP contribution in [-0.4, -0.2) is 19.7 Å². The summed E-state index contributed by atoms with van der Waals surface area (Å²) in [6.45, 7) is 1.79. The molecule has 0 aliphatic rings. The first-order chi connectivity index (χ1) is 5.68. The fraction of sp³-hybridized carbons (Fsp3) is 0.286. The summed E-state index contributed by atoms with van der Waals surface area (Å²) in [6, 6.07) is 0. The highest BCUT2D eigenvalue weighted by Gasteiger charge is 2.04. The van der Waals surface area contributed by atoms with Crippen LogP contribution in [0.3, 0.4) is 0 Å². The van der Waals surface area contributed by atoms with Crippen LogP contribution in [-0.2, 0) is 7.05 Å². The molecule has 0 atom stereocenters. The summed E-state index contributed by atoms with van der Waals surface area (Å²) in [5.41, 5.74) is 0.500. The average Bonchev–Trinajstić information content (AvgIpc) is 2.28. The molecule has 2 heterocycles. The molecule has 12 heavy (non-hydrogen) atoms. The molecule has 2 aromatic rings. The molecule has 2 rings (SSSR count). The van der Waals surface area contributed by atoms with Gasteiger partial charge in [-0.2, -0.15) is 0 Å². The Hall–Kier alpha value is -1.65. The second-order valence-corrected chi connectivity index (χ2v) is 2.65. The number of hydrogen-bond donors (Lipinski definition) is 1. The molecule has 5 nitrogen and oxygen atoms in total. The highest BCUT2D eigenvalue weighted by atomic mass is 16.1. The summed E-state index contributed by atoms with van der Waals surface area (Å²) in [5.74, 6) is 0.664. The van der Waals surface area contributed by atoms with E-state index in [1.807, 2.05) is 0 Å². The van der Waals surface area contributed by atoms with Crippen LogP contribution in [0.2, 0.25) is 0 Å². The molecule has 0 unspecified atom stereocenters. The molecule has 0 bridgehead atoms. The van der Waals surface area contributed by atoms with Gasteiger partial charge in [-0.05, 0) is 6.92 Å². The summed E-state index contributed by atoms with van der Waals surface area (Å²) in [6.07, 6.45) is 1.54. The Bertz CT molecular complexity index is 482. The van der Waals surface area contributed by atoms with Gasteiger partial charge in [0, 0.05) is 13.2 Å². The fourth-order valence-electron chi connectivity index (χ4n) is 1.14. The molecule has 0 aliphatic heterocycles. The Labute approximate surface area is 68.1 Å². The van der Waals surface area contributed by atoms with Crippen LogP contribution in [0.5, 0.6) is 0 Å². The summed E-state index contributed by atoms with van der Waals surface area (Å²) < 4.78 is 1.59. The van der Waals surface area contributed by atoms with Gasteiger partial charge in [0.05, 0.1) is 0 Å². The van der Waals surface area contributed by atoms with Gasteiger partial charge in [-0.25, -0.2) is 9.97 Å². The minimum Gasteiger partial charge on any atom is -0.270 e. The number of rotatable bonds is 0. The first-order valence-electron chi connectivity index (χ1n) is 3.57. The van der Waals surface area contributed by atoms with Crippen molar-refractivity contribution in [2.24, 2.45) is 7.05 Å². The van der Waals surface area contributed by atoms with Gasteiger partial charge in [-0.15, -0.1) is 0 Å². The zero-order valence-corrected chi connectivity index (χ0v) is 6.83. The van der Waals surface area contributed by atoms with E-state index in [-0.39, 0.29) is 5.56 Å². The number of fused-ring (bicyclic) bond motifs is 1. The zero-order valence-electron chi connectivity index (χ0n) is 6.83. The van der Waals surface area contributed by atoms with Gasteiger partial charge in [0.1, 0.15) is 11.2 Å². The van der Waals surface area contributed by atoms with Gasteiger partial charge in [0.2, 0.25) is 0 Å². The molecule has 0 aliphatic carbocycles. The Morgan fingerprint density at radius 1 is 1.58 bits per heavy atom. The Morgan fingerprint density at radius 3 is 3.08 bits per heavy atom. The number of hydrogen-bond acceptors (Lipinski definition) is 3. The van der Waals surface area contributed by atoms with Crippen LogP contribution < -0.4 is 5.56 Å². The maximum absolute atomic E-state index is 11.2. The van der Waals surface area contributed by atoms with E-state index in [0.717, 1.165) is 0 Å². The van der Waals surface area contributed by atoms with Gasteiger partial charge in [0.25, 0.3) is 5.56 Å². The van der Waals surface area contributed by atoms with Crippen molar-refractivity contribution in [1.29, 1.82) is 0 Å². The molecular weight excluding hydrogens is 156 g/mol. The summed E-state index contributed by atoms with van der Waals surface area (Å²) in [4.78, 5) is 19.2. The van der Waals surface area contributed by atoms with Crippen LogP contribution in [0.25, 0.3) is 11.0 Å². The Morgan fingerprint density at radius 2 is 2.33 bits per heavy atom. The topological polar surface area (TPSA) is 63.6 Å². The van der Waals surface area contributed by atoms with Crippen molar-refractivity contribution in [2.75, 3.05) is 0 Å². The van der Waals surface area contributed by atoms with Crippen molar-refractivity contribution < 1.29 is 0 Å². The standard InChI is InChI=1S/C7H8N4O/c1-4-8-3-5-6(9-4)11(2)10-7(5)12/h3H,1-2H3,(H,10,12). The minimum atomic E-state index is -0.146. The fourth-order valence-corrected chi connectivity index (χ4v) is 1.14. The van der Waals surface area contributed by atoms with Crippen LogP contribution in [0.1, 0.15) is 5.82 Å². The van der Waals surface area contributed by atoms with Gasteiger partial charge < -0.3 is 0 Å². The van der Waals surface area contributed by atoms with E-state index in [1.165, 1.54) is 6.20 Å². The van der Waals surface area contributed by atoms with Gasteiger partial charge in [0.15, 0.2) is 5.65 Å². The Balaban J connectivity index is 3.00. The first-order valence-corrected chi connectivity index (χ1v) is 3.57. The van der Waals surface area contributed by atoms with Gasteiger partial charge >= 0.3 is 0 Å². The first kappa shape index (κ1) is 7.02. The molecule has 1 N–H and O–H groups in total. The van der Waals surface area contributed by atoms with E-state index in [4.69, 9.17) is 0 Å². The lowest BCUT2D eigenvalue weighted by Crippen LogP contribution is -2.01. The lowest BCUT2D eigenvalue weighted by molar-refractivity contribution is 0.771.